The van der Waals surface area contributed by atoms with Gasteiger partial charge in [-0.1, -0.05) is 45.2 Å². The van der Waals surface area contributed by atoms with Gasteiger partial charge in [0.05, 0.1) is 0 Å². The van der Waals surface area contributed by atoms with Crippen LogP contribution in [0, 0.1) is 11.8 Å². The van der Waals surface area contributed by atoms with Gasteiger partial charge in [0.1, 0.15) is 0 Å². The van der Waals surface area contributed by atoms with E-state index in [4.69, 9.17) is 0 Å². The van der Waals surface area contributed by atoms with Crippen molar-refractivity contribution in [1.29, 1.82) is 0 Å². The van der Waals surface area contributed by atoms with Gasteiger partial charge in [0.25, 0.3) is 0 Å². The summed E-state index contributed by atoms with van der Waals surface area (Å²) >= 11 is 5.30. The molecular weight excluding hydrogens is 362 g/mol. The molecule has 0 atom stereocenters. The SMILES string of the molecule is IC1CC2CC(I)CC(C1)C2. The number of hydrogen-bond donors (Lipinski definition) is 0. The molecule has 2 aliphatic carbocycles. The zero-order chi connectivity index (χ0) is 7.84. The summed E-state index contributed by atoms with van der Waals surface area (Å²) in [5, 5.41) is 0. The van der Waals surface area contributed by atoms with Gasteiger partial charge in [0, 0.05) is 7.85 Å². The molecule has 2 rings (SSSR count). The first-order valence-electron chi connectivity index (χ1n) is 4.52. The zero-order valence-electron chi connectivity index (χ0n) is 6.60. The fraction of sp³-hybridized carbons (Fsp3) is 1.00. The molecule has 2 fully saturated rings. The van der Waals surface area contributed by atoms with Crippen molar-refractivity contribution < 1.29 is 0 Å². The Hall–Kier alpha value is 1.46. The first-order valence-corrected chi connectivity index (χ1v) is 7.01. The van der Waals surface area contributed by atoms with Crippen molar-refractivity contribution in [2.24, 2.45) is 11.8 Å². The van der Waals surface area contributed by atoms with Crippen LogP contribution < -0.4 is 0 Å². The second-order valence-corrected chi connectivity index (χ2v) is 7.63. The monoisotopic (exact) mass is 376 g/mol. The quantitative estimate of drug-likeness (QED) is 0.446. The maximum Gasteiger partial charge on any atom is 0.0115 e. The van der Waals surface area contributed by atoms with Crippen LogP contribution >= 0.6 is 45.2 Å². The summed E-state index contributed by atoms with van der Waals surface area (Å²) < 4.78 is 2.00. The molecule has 0 N–H and O–H groups in total. The highest BCUT2D eigenvalue weighted by atomic mass is 127. The van der Waals surface area contributed by atoms with Crippen LogP contribution in [0.3, 0.4) is 0 Å². The van der Waals surface area contributed by atoms with Gasteiger partial charge < -0.3 is 0 Å². The lowest BCUT2D eigenvalue weighted by atomic mass is 9.72. The molecule has 2 aliphatic rings. The van der Waals surface area contributed by atoms with Crippen LogP contribution in [0.25, 0.3) is 0 Å². The van der Waals surface area contributed by atoms with Gasteiger partial charge >= 0.3 is 0 Å². The van der Waals surface area contributed by atoms with E-state index in [1.165, 1.54) is 25.7 Å². The van der Waals surface area contributed by atoms with Gasteiger partial charge in [-0.25, -0.2) is 0 Å². The van der Waals surface area contributed by atoms with Crippen molar-refractivity contribution >= 4 is 45.2 Å². The van der Waals surface area contributed by atoms with Crippen LogP contribution in [0.15, 0.2) is 0 Å². The molecule has 2 bridgehead atoms. The number of alkyl halides is 2. The molecule has 11 heavy (non-hydrogen) atoms. The third-order valence-corrected chi connectivity index (χ3v) is 5.06. The molecule has 0 saturated heterocycles. The smallest absolute Gasteiger partial charge is 0.0115 e. The third-order valence-electron chi connectivity index (χ3n) is 3.02. The number of hydrogen-bond acceptors (Lipinski definition) is 0. The maximum absolute atomic E-state index is 2.65. The third kappa shape index (κ3) is 2.23. The van der Waals surface area contributed by atoms with Crippen molar-refractivity contribution in [1.82, 2.24) is 0 Å². The van der Waals surface area contributed by atoms with E-state index in [-0.39, 0.29) is 0 Å². The van der Waals surface area contributed by atoms with Gasteiger partial charge in [-0.15, -0.1) is 0 Å². The Kier molecular flexibility index (Phi) is 3.02. The number of halogens is 2. The van der Waals surface area contributed by atoms with Crippen LogP contribution in [0.2, 0.25) is 0 Å². The molecule has 0 unspecified atom stereocenters. The summed E-state index contributed by atoms with van der Waals surface area (Å²) in [6, 6.07) is 0. The van der Waals surface area contributed by atoms with E-state index in [0.29, 0.717) is 0 Å². The first kappa shape index (κ1) is 9.03. The van der Waals surface area contributed by atoms with Crippen LogP contribution in [-0.4, -0.2) is 7.85 Å². The second-order valence-electron chi connectivity index (χ2n) is 4.11. The molecule has 0 radical (unpaired) electrons. The normalized spacial score (nSPS) is 50.7. The number of fused-ring (bicyclic) bond motifs is 2. The molecule has 0 nitrogen and oxygen atoms in total. The Morgan fingerprint density at radius 1 is 0.636 bits per heavy atom. The van der Waals surface area contributed by atoms with Crippen molar-refractivity contribution in [2.75, 3.05) is 0 Å². The average Bonchev–Trinajstić information content (AvgIpc) is 1.82. The van der Waals surface area contributed by atoms with E-state index in [1.807, 2.05) is 0 Å². The molecule has 0 heterocycles. The summed E-state index contributed by atoms with van der Waals surface area (Å²) in [6.07, 6.45) is 7.60. The van der Waals surface area contributed by atoms with Gasteiger partial charge in [0.15, 0.2) is 0 Å². The molecule has 64 valence electrons. The Morgan fingerprint density at radius 3 is 1.36 bits per heavy atom. The Labute approximate surface area is 96.2 Å². The van der Waals surface area contributed by atoms with E-state index in [2.05, 4.69) is 45.2 Å². The van der Waals surface area contributed by atoms with E-state index >= 15 is 0 Å². The van der Waals surface area contributed by atoms with Crippen molar-refractivity contribution in [3.63, 3.8) is 0 Å². The Bertz CT molecular complexity index is 113. The predicted octanol–water partition coefficient (Wildman–Crippen LogP) is 3.80. The molecule has 0 amide bonds. The molecule has 0 aromatic rings. The zero-order valence-corrected chi connectivity index (χ0v) is 10.9. The lowest BCUT2D eigenvalue weighted by molar-refractivity contribution is 0.210. The standard InChI is InChI=1S/C9H14I2/c10-8-2-6-1-7(4-8)5-9(11)3-6/h6-9H,1-5H2. The van der Waals surface area contributed by atoms with Crippen LogP contribution in [0.1, 0.15) is 32.1 Å². The molecule has 0 aromatic heterocycles. The van der Waals surface area contributed by atoms with E-state index in [9.17, 15) is 0 Å². The van der Waals surface area contributed by atoms with Gasteiger partial charge in [-0.3, -0.25) is 0 Å². The highest BCUT2D eigenvalue weighted by Crippen LogP contribution is 2.44. The predicted molar refractivity (Wildman–Crippen MR) is 65.7 cm³/mol. The largest absolute Gasteiger partial charge is 0.0826 e. The van der Waals surface area contributed by atoms with Gasteiger partial charge in [-0.2, -0.15) is 0 Å². The van der Waals surface area contributed by atoms with E-state index in [1.54, 1.807) is 6.42 Å². The van der Waals surface area contributed by atoms with Crippen molar-refractivity contribution in [3.8, 4) is 0 Å². The van der Waals surface area contributed by atoms with Gasteiger partial charge in [0.2, 0.25) is 0 Å². The molecule has 0 aromatic carbocycles. The molecular formula is C9H14I2. The highest BCUT2D eigenvalue weighted by molar-refractivity contribution is 14.1. The number of rotatable bonds is 0. The summed E-state index contributed by atoms with van der Waals surface area (Å²) in [7, 11) is 0. The summed E-state index contributed by atoms with van der Waals surface area (Å²) in [6.45, 7) is 0. The molecule has 0 aliphatic heterocycles. The summed E-state index contributed by atoms with van der Waals surface area (Å²) in [5.74, 6) is 2.18. The summed E-state index contributed by atoms with van der Waals surface area (Å²) in [5.41, 5.74) is 0. The van der Waals surface area contributed by atoms with Crippen LogP contribution in [0.4, 0.5) is 0 Å². The Balaban J connectivity index is 2.00. The van der Waals surface area contributed by atoms with Crippen molar-refractivity contribution in [3.05, 3.63) is 0 Å². The lowest BCUT2D eigenvalue weighted by Crippen LogP contribution is -2.31. The lowest BCUT2D eigenvalue weighted by Gasteiger charge is -2.39. The van der Waals surface area contributed by atoms with Gasteiger partial charge in [-0.05, 0) is 43.9 Å². The maximum atomic E-state index is 2.65. The molecule has 2 heteroatoms. The minimum atomic E-state index is 1.00. The van der Waals surface area contributed by atoms with E-state index in [0.717, 1.165) is 19.7 Å². The second kappa shape index (κ2) is 3.68. The first-order chi connectivity index (χ1) is 5.24. The van der Waals surface area contributed by atoms with Crippen LogP contribution in [0.5, 0.6) is 0 Å². The Morgan fingerprint density at radius 2 is 1.00 bits per heavy atom. The highest BCUT2D eigenvalue weighted by Gasteiger charge is 2.33. The van der Waals surface area contributed by atoms with Crippen molar-refractivity contribution in [2.45, 2.75) is 40.0 Å². The van der Waals surface area contributed by atoms with E-state index < -0.39 is 0 Å². The molecule has 2 saturated carbocycles. The fourth-order valence-corrected chi connectivity index (χ4v) is 5.56. The minimum absolute atomic E-state index is 1.00. The average molecular weight is 376 g/mol. The minimum Gasteiger partial charge on any atom is -0.0826 e. The topological polar surface area (TPSA) is 0 Å². The van der Waals surface area contributed by atoms with Crippen LogP contribution in [-0.2, 0) is 0 Å². The molecule has 0 spiro atoms. The fourth-order valence-electron chi connectivity index (χ4n) is 2.69. The summed E-state index contributed by atoms with van der Waals surface area (Å²) in [4.78, 5) is 0.